The van der Waals surface area contributed by atoms with Crippen LogP contribution < -0.4 is 4.74 Å². The molecule has 1 amide bonds. The number of methoxy groups -OCH3 is 1. The van der Waals surface area contributed by atoms with Gasteiger partial charge in [0, 0.05) is 44.5 Å². The number of piperidine rings is 1. The van der Waals surface area contributed by atoms with Gasteiger partial charge in [-0.15, -0.1) is 0 Å². The number of hydrogen-bond acceptors (Lipinski definition) is 4. The second kappa shape index (κ2) is 7.57. The lowest BCUT2D eigenvalue weighted by Gasteiger charge is -2.44. The van der Waals surface area contributed by atoms with Crippen molar-refractivity contribution >= 4 is 5.91 Å². The van der Waals surface area contributed by atoms with Crippen molar-refractivity contribution in [1.82, 2.24) is 9.80 Å². The Kier molecular flexibility index (Phi) is 5.18. The van der Waals surface area contributed by atoms with Gasteiger partial charge in [0.25, 0.3) is 0 Å². The Bertz CT molecular complexity index is 644. The highest BCUT2D eigenvalue weighted by Gasteiger charge is 2.49. The molecule has 0 aromatic heterocycles. The largest absolute Gasteiger partial charge is 0.496 e. The summed E-state index contributed by atoms with van der Waals surface area (Å²) in [6.45, 7) is 5.24. The topological polar surface area (TPSA) is 42.0 Å². The SMILES string of the molecule is COc1ccccc1CN1CC[C@@]2(CCCN(C3CCOCC3)C2=O)C1. The van der Waals surface area contributed by atoms with Crippen molar-refractivity contribution in [3.05, 3.63) is 29.8 Å². The Morgan fingerprint density at radius 3 is 2.81 bits per heavy atom. The third kappa shape index (κ3) is 3.35. The van der Waals surface area contributed by atoms with E-state index in [1.54, 1.807) is 7.11 Å². The number of nitrogens with zero attached hydrogens (tertiary/aromatic N) is 2. The average molecular weight is 358 g/mol. The summed E-state index contributed by atoms with van der Waals surface area (Å²) in [6.07, 6.45) is 5.14. The lowest BCUT2D eigenvalue weighted by atomic mass is 9.77. The molecule has 5 nitrogen and oxygen atoms in total. The van der Waals surface area contributed by atoms with Crippen molar-refractivity contribution in [2.45, 2.75) is 44.7 Å². The Labute approximate surface area is 156 Å². The van der Waals surface area contributed by atoms with E-state index >= 15 is 0 Å². The molecule has 1 aromatic rings. The van der Waals surface area contributed by atoms with E-state index in [1.807, 2.05) is 12.1 Å². The number of rotatable bonds is 4. The van der Waals surface area contributed by atoms with Crippen LogP contribution >= 0.6 is 0 Å². The predicted molar refractivity (Wildman–Crippen MR) is 100 cm³/mol. The maximum Gasteiger partial charge on any atom is 0.230 e. The van der Waals surface area contributed by atoms with Gasteiger partial charge in [-0.25, -0.2) is 0 Å². The van der Waals surface area contributed by atoms with Gasteiger partial charge in [-0.1, -0.05) is 18.2 Å². The van der Waals surface area contributed by atoms with Crippen molar-refractivity contribution in [3.8, 4) is 5.75 Å². The first kappa shape index (κ1) is 17.8. The molecule has 1 spiro atoms. The maximum absolute atomic E-state index is 13.4. The molecule has 4 rings (SSSR count). The minimum Gasteiger partial charge on any atom is -0.496 e. The van der Waals surface area contributed by atoms with Gasteiger partial charge in [-0.05, 0) is 44.7 Å². The quantitative estimate of drug-likeness (QED) is 0.830. The molecular formula is C21H30N2O3. The molecular weight excluding hydrogens is 328 g/mol. The molecule has 0 unspecified atom stereocenters. The van der Waals surface area contributed by atoms with Crippen LogP contribution in [-0.4, -0.2) is 61.7 Å². The molecule has 3 saturated heterocycles. The molecule has 0 aliphatic carbocycles. The molecule has 3 fully saturated rings. The first-order valence-electron chi connectivity index (χ1n) is 9.95. The fraction of sp³-hybridized carbons (Fsp3) is 0.667. The number of para-hydroxylation sites is 1. The summed E-state index contributed by atoms with van der Waals surface area (Å²) in [5.74, 6) is 1.34. The number of likely N-dealkylation sites (tertiary alicyclic amines) is 2. The highest BCUT2D eigenvalue weighted by Crippen LogP contribution is 2.42. The zero-order chi connectivity index (χ0) is 18.0. The fourth-order valence-electron chi connectivity index (χ4n) is 4.99. The first-order valence-corrected chi connectivity index (χ1v) is 9.95. The van der Waals surface area contributed by atoms with Crippen molar-refractivity contribution in [2.75, 3.05) is 40.0 Å². The molecule has 1 aromatic carbocycles. The molecule has 26 heavy (non-hydrogen) atoms. The van der Waals surface area contributed by atoms with Crippen LogP contribution in [0.5, 0.6) is 5.75 Å². The van der Waals surface area contributed by atoms with Gasteiger partial charge in [-0.3, -0.25) is 9.69 Å². The maximum atomic E-state index is 13.4. The molecule has 3 aliphatic rings. The summed E-state index contributed by atoms with van der Waals surface area (Å²) >= 11 is 0. The van der Waals surface area contributed by atoms with Crippen LogP contribution in [0.3, 0.4) is 0 Å². The molecule has 5 heteroatoms. The third-order valence-corrected chi connectivity index (χ3v) is 6.42. The second-order valence-electron chi connectivity index (χ2n) is 8.00. The summed E-state index contributed by atoms with van der Waals surface area (Å²) in [5, 5.41) is 0. The van der Waals surface area contributed by atoms with Crippen LogP contribution in [0.1, 0.15) is 37.7 Å². The summed E-state index contributed by atoms with van der Waals surface area (Å²) in [4.78, 5) is 18.0. The highest BCUT2D eigenvalue weighted by molar-refractivity contribution is 5.84. The number of benzene rings is 1. The van der Waals surface area contributed by atoms with Crippen LogP contribution in [0.25, 0.3) is 0 Å². The monoisotopic (exact) mass is 358 g/mol. The number of amides is 1. The number of hydrogen-bond donors (Lipinski definition) is 0. The van der Waals surface area contributed by atoms with Crippen LogP contribution in [-0.2, 0) is 16.1 Å². The van der Waals surface area contributed by atoms with Gasteiger partial charge < -0.3 is 14.4 Å². The van der Waals surface area contributed by atoms with E-state index in [9.17, 15) is 4.79 Å². The van der Waals surface area contributed by atoms with E-state index in [4.69, 9.17) is 9.47 Å². The summed E-state index contributed by atoms with van der Waals surface area (Å²) in [5.41, 5.74) is 1.04. The van der Waals surface area contributed by atoms with Gasteiger partial charge in [0.15, 0.2) is 0 Å². The molecule has 142 valence electrons. The van der Waals surface area contributed by atoms with Gasteiger partial charge in [-0.2, -0.15) is 0 Å². The molecule has 0 N–H and O–H groups in total. The van der Waals surface area contributed by atoms with E-state index in [-0.39, 0.29) is 5.41 Å². The van der Waals surface area contributed by atoms with Crippen molar-refractivity contribution in [3.63, 3.8) is 0 Å². The number of ether oxygens (including phenoxy) is 2. The fourth-order valence-corrected chi connectivity index (χ4v) is 4.99. The third-order valence-electron chi connectivity index (χ3n) is 6.42. The molecule has 3 heterocycles. The van der Waals surface area contributed by atoms with Crippen LogP contribution in [0.15, 0.2) is 24.3 Å². The van der Waals surface area contributed by atoms with E-state index in [2.05, 4.69) is 21.9 Å². The molecule has 0 radical (unpaired) electrons. The van der Waals surface area contributed by atoms with Crippen molar-refractivity contribution < 1.29 is 14.3 Å². The van der Waals surface area contributed by atoms with Gasteiger partial charge in [0.2, 0.25) is 5.91 Å². The van der Waals surface area contributed by atoms with Crippen LogP contribution in [0, 0.1) is 5.41 Å². The summed E-state index contributed by atoms with van der Waals surface area (Å²) < 4.78 is 11.0. The lowest BCUT2D eigenvalue weighted by Crippen LogP contribution is -2.54. The van der Waals surface area contributed by atoms with Crippen molar-refractivity contribution in [1.29, 1.82) is 0 Å². The van der Waals surface area contributed by atoms with Crippen LogP contribution in [0.2, 0.25) is 0 Å². The van der Waals surface area contributed by atoms with E-state index in [0.717, 1.165) is 77.2 Å². The zero-order valence-corrected chi connectivity index (χ0v) is 15.8. The normalized spacial score (nSPS) is 28.0. The summed E-state index contributed by atoms with van der Waals surface area (Å²) in [6, 6.07) is 8.59. The standard InChI is InChI=1S/C21H30N2O3/c1-25-19-6-3-2-5-17(19)15-22-12-10-21(16-22)9-4-11-23(20(21)24)18-7-13-26-14-8-18/h2-3,5-6,18H,4,7-16H2,1H3/t21-/m0/s1. The molecule has 3 aliphatic heterocycles. The predicted octanol–water partition coefficient (Wildman–Crippen LogP) is 2.69. The van der Waals surface area contributed by atoms with E-state index < -0.39 is 0 Å². The van der Waals surface area contributed by atoms with E-state index in [0.29, 0.717) is 11.9 Å². The lowest BCUT2D eigenvalue weighted by molar-refractivity contribution is -0.150. The Morgan fingerprint density at radius 2 is 2.00 bits per heavy atom. The van der Waals surface area contributed by atoms with E-state index in [1.165, 1.54) is 5.56 Å². The van der Waals surface area contributed by atoms with Gasteiger partial charge in [0.05, 0.1) is 12.5 Å². The average Bonchev–Trinajstić information content (AvgIpc) is 3.09. The minimum absolute atomic E-state index is 0.168. The molecule has 0 saturated carbocycles. The highest BCUT2D eigenvalue weighted by atomic mass is 16.5. The number of carbonyl (C=O) groups excluding carboxylic acids is 1. The Balaban J connectivity index is 1.45. The smallest absolute Gasteiger partial charge is 0.230 e. The minimum atomic E-state index is -0.168. The molecule has 1 atom stereocenters. The van der Waals surface area contributed by atoms with Crippen LogP contribution in [0.4, 0.5) is 0 Å². The van der Waals surface area contributed by atoms with Crippen molar-refractivity contribution in [2.24, 2.45) is 5.41 Å². The second-order valence-corrected chi connectivity index (χ2v) is 8.00. The Morgan fingerprint density at radius 1 is 1.19 bits per heavy atom. The summed E-state index contributed by atoms with van der Waals surface area (Å²) in [7, 11) is 1.72. The Hall–Kier alpha value is -1.59. The molecule has 0 bridgehead atoms. The number of carbonyl (C=O) groups is 1. The first-order chi connectivity index (χ1) is 12.7. The van der Waals surface area contributed by atoms with Gasteiger partial charge >= 0.3 is 0 Å². The van der Waals surface area contributed by atoms with Gasteiger partial charge in [0.1, 0.15) is 5.75 Å². The zero-order valence-electron chi connectivity index (χ0n) is 15.8.